The van der Waals surface area contributed by atoms with E-state index in [2.05, 4.69) is 0 Å². The molecule has 0 aliphatic carbocycles. The Labute approximate surface area is 100 Å². The maximum atomic E-state index is 11.2. The van der Waals surface area contributed by atoms with Crippen molar-refractivity contribution in [3.63, 3.8) is 0 Å². The highest BCUT2D eigenvalue weighted by Crippen LogP contribution is 2.25. The van der Waals surface area contributed by atoms with Crippen LogP contribution >= 0.6 is 0 Å². The third kappa shape index (κ3) is 3.96. The number of primary amides is 1. The van der Waals surface area contributed by atoms with Crippen LogP contribution in [-0.2, 0) is 0 Å². The number of benzene rings is 1. The van der Waals surface area contributed by atoms with Crippen LogP contribution in [0.2, 0.25) is 0 Å². The molecule has 0 bridgehead atoms. The Morgan fingerprint density at radius 3 is 2.71 bits per heavy atom. The molecule has 0 saturated heterocycles. The number of hydrogen-bond donors (Lipinski definition) is 2. The molecule has 17 heavy (non-hydrogen) atoms. The molecular weight excluding hydrogens is 222 g/mol. The van der Waals surface area contributed by atoms with Crippen molar-refractivity contribution >= 4 is 5.91 Å². The van der Waals surface area contributed by atoms with Crippen LogP contribution in [0.1, 0.15) is 24.2 Å². The summed E-state index contributed by atoms with van der Waals surface area (Å²) >= 11 is 0. The highest BCUT2D eigenvalue weighted by molar-refractivity contribution is 5.95. The second kappa shape index (κ2) is 6.10. The zero-order chi connectivity index (χ0) is 12.8. The lowest BCUT2D eigenvalue weighted by atomic mass is 10.2. The van der Waals surface area contributed by atoms with Gasteiger partial charge in [0.25, 0.3) is 5.91 Å². The van der Waals surface area contributed by atoms with Crippen molar-refractivity contribution in [1.29, 1.82) is 0 Å². The molecule has 0 radical (unpaired) electrons. The number of aliphatic hydroxyl groups excluding tert-OH is 1. The summed E-state index contributed by atoms with van der Waals surface area (Å²) in [7, 11) is 0. The quantitative estimate of drug-likeness (QED) is 0.774. The Kier molecular flexibility index (Phi) is 4.78. The fraction of sp³-hybridized carbons (Fsp3) is 0.417. The van der Waals surface area contributed by atoms with Gasteiger partial charge in [-0.25, -0.2) is 0 Å². The van der Waals surface area contributed by atoms with Gasteiger partial charge in [-0.15, -0.1) is 0 Å². The molecule has 0 atom stereocenters. The number of ether oxygens (including phenoxy) is 2. The van der Waals surface area contributed by atoms with Gasteiger partial charge in [0.2, 0.25) is 0 Å². The molecule has 0 unspecified atom stereocenters. The first kappa shape index (κ1) is 13.3. The van der Waals surface area contributed by atoms with E-state index in [1.165, 1.54) is 0 Å². The Morgan fingerprint density at radius 1 is 1.47 bits per heavy atom. The zero-order valence-electron chi connectivity index (χ0n) is 9.97. The molecule has 94 valence electrons. The summed E-state index contributed by atoms with van der Waals surface area (Å²) in [4.78, 5) is 11.2. The number of hydrogen-bond acceptors (Lipinski definition) is 4. The largest absolute Gasteiger partial charge is 0.491 e. The van der Waals surface area contributed by atoms with Gasteiger partial charge < -0.3 is 20.3 Å². The molecule has 1 rings (SSSR count). The molecule has 5 heteroatoms. The van der Waals surface area contributed by atoms with Gasteiger partial charge in [-0.1, -0.05) is 0 Å². The Hall–Kier alpha value is -1.75. The lowest BCUT2D eigenvalue weighted by Crippen LogP contribution is -2.14. The number of carbonyl (C=O) groups is 1. The first-order valence-electron chi connectivity index (χ1n) is 5.38. The van der Waals surface area contributed by atoms with Crippen molar-refractivity contribution in [2.45, 2.75) is 20.0 Å². The molecule has 3 N–H and O–H groups in total. The van der Waals surface area contributed by atoms with E-state index < -0.39 is 5.91 Å². The van der Waals surface area contributed by atoms with Crippen LogP contribution in [-0.4, -0.2) is 30.3 Å². The van der Waals surface area contributed by atoms with E-state index in [1.54, 1.807) is 18.2 Å². The normalized spacial score (nSPS) is 10.4. The van der Waals surface area contributed by atoms with Crippen LogP contribution in [0, 0.1) is 0 Å². The molecule has 1 aromatic rings. The van der Waals surface area contributed by atoms with Gasteiger partial charge in [0.15, 0.2) is 0 Å². The number of amides is 1. The molecule has 0 aliphatic heterocycles. The van der Waals surface area contributed by atoms with E-state index in [0.717, 1.165) is 0 Å². The van der Waals surface area contributed by atoms with Crippen molar-refractivity contribution in [1.82, 2.24) is 0 Å². The van der Waals surface area contributed by atoms with Crippen molar-refractivity contribution in [3.8, 4) is 11.5 Å². The third-order valence-corrected chi connectivity index (χ3v) is 1.94. The first-order valence-corrected chi connectivity index (χ1v) is 5.38. The fourth-order valence-electron chi connectivity index (χ4n) is 1.33. The molecule has 5 nitrogen and oxygen atoms in total. The summed E-state index contributed by atoms with van der Waals surface area (Å²) in [6.45, 7) is 3.77. The van der Waals surface area contributed by atoms with Crippen LogP contribution in [0.5, 0.6) is 11.5 Å². The number of aliphatic hydroxyl groups is 1. The first-order chi connectivity index (χ1) is 8.04. The number of nitrogens with two attached hydrogens (primary N) is 1. The van der Waals surface area contributed by atoms with E-state index in [0.29, 0.717) is 11.5 Å². The summed E-state index contributed by atoms with van der Waals surface area (Å²) in [5.74, 6) is 0.344. The average molecular weight is 239 g/mol. The van der Waals surface area contributed by atoms with Gasteiger partial charge in [-0.3, -0.25) is 4.79 Å². The van der Waals surface area contributed by atoms with Crippen LogP contribution < -0.4 is 15.2 Å². The van der Waals surface area contributed by atoms with Crippen LogP contribution in [0.4, 0.5) is 0 Å². The predicted octanol–water partition coefficient (Wildman–Crippen LogP) is 0.944. The third-order valence-electron chi connectivity index (χ3n) is 1.94. The average Bonchev–Trinajstić information content (AvgIpc) is 2.25. The molecule has 0 aliphatic rings. The van der Waals surface area contributed by atoms with Gasteiger partial charge in [-0.2, -0.15) is 0 Å². The lowest BCUT2D eigenvalue weighted by Gasteiger charge is -2.13. The minimum Gasteiger partial charge on any atom is -0.491 e. The SMILES string of the molecule is CC(C)Oc1ccc(C(N)=O)c(OCCO)c1. The van der Waals surface area contributed by atoms with Crippen LogP contribution in [0.15, 0.2) is 18.2 Å². The van der Waals surface area contributed by atoms with E-state index in [4.69, 9.17) is 20.3 Å². The molecule has 0 fully saturated rings. The second-order valence-corrected chi connectivity index (χ2v) is 3.76. The smallest absolute Gasteiger partial charge is 0.252 e. The van der Waals surface area contributed by atoms with Crippen molar-refractivity contribution in [2.24, 2.45) is 5.73 Å². The van der Waals surface area contributed by atoms with E-state index >= 15 is 0 Å². The molecule has 0 saturated carbocycles. The highest BCUT2D eigenvalue weighted by Gasteiger charge is 2.11. The summed E-state index contributed by atoms with van der Waals surface area (Å²) in [5, 5.41) is 8.70. The van der Waals surface area contributed by atoms with Gasteiger partial charge >= 0.3 is 0 Å². The summed E-state index contributed by atoms with van der Waals surface area (Å²) in [6, 6.07) is 4.80. The fourth-order valence-corrected chi connectivity index (χ4v) is 1.33. The molecule has 1 aromatic carbocycles. The van der Waals surface area contributed by atoms with Crippen molar-refractivity contribution in [2.75, 3.05) is 13.2 Å². The molecule has 0 spiro atoms. The minimum atomic E-state index is -0.575. The number of carbonyl (C=O) groups excluding carboxylic acids is 1. The van der Waals surface area contributed by atoms with E-state index in [1.807, 2.05) is 13.8 Å². The monoisotopic (exact) mass is 239 g/mol. The molecule has 0 heterocycles. The van der Waals surface area contributed by atoms with E-state index in [9.17, 15) is 4.79 Å². The zero-order valence-corrected chi connectivity index (χ0v) is 9.97. The Balaban J connectivity index is 2.96. The minimum absolute atomic E-state index is 0.0279. The summed E-state index contributed by atoms with van der Waals surface area (Å²) < 4.78 is 10.7. The van der Waals surface area contributed by atoms with Gasteiger partial charge in [-0.05, 0) is 26.0 Å². The summed E-state index contributed by atoms with van der Waals surface area (Å²) in [5.41, 5.74) is 5.49. The predicted molar refractivity (Wildman–Crippen MR) is 63.3 cm³/mol. The highest BCUT2D eigenvalue weighted by atomic mass is 16.5. The topological polar surface area (TPSA) is 81.8 Å². The lowest BCUT2D eigenvalue weighted by molar-refractivity contribution is 0.0994. The van der Waals surface area contributed by atoms with Crippen molar-refractivity contribution < 1.29 is 19.4 Å². The Morgan fingerprint density at radius 2 is 2.18 bits per heavy atom. The van der Waals surface area contributed by atoms with Crippen molar-refractivity contribution in [3.05, 3.63) is 23.8 Å². The van der Waals surface area contributed by atoms with Gasteiger partial charge in [0.05, 0.1) is 18.3 Å². The van der Waals surface area contributed by atoms with Crippen LogP contribution in [0.25, 0.3) is 0 Å². The van der Waals surface area contributed by atoms with Gasteiger partial charge in [0, 0.05) is 6.07 Å². The number of rotatable bonds is 6. The molecule has 0 aromatic heterocycles. The summed E-state index contributed by atoms with van der Waals surface area (Å²) in [6.07, 6.45) is 0.0279. The Bertz CT molecular complexity index is 390. The van der Waals surface area contributed by atoms with E-state index in [-0.39, 0.29) is 24.9 Å². The maximum Gasteiger partial charge on any atom is 0.252 e. The molecular formula is C12H17NO4. The van der Waals surface area contributed by atoms with Crippen LogP contribution in [0.3, 0.4) is 0 Å². The maximum absolute atomic E-state index is 11.2. The standard InChI is InChI=1S/C12H17NO4/c1-8(2)17-9-3-4-10(12(13)15)11(7-9)16-6-5-14/h3-4,7-8,14H,5-6H2,1-2H3,(H2,13,15). The van der Waals surface area contributed by atoms with Gasteiger partial charge in [0.1, 0.15) is 18.1 Å². The molecule has 1 amide bonds. The second-order valence-electron chi connectivity index (χ2n) is 3.76.